The van der Waals surface area contributed by atoms with Crippen molar-refractivity contribution >= 4 is 5.91 Å². The zero-order chi connectivity index (χ0) is 18.1. The van der Waals surface area contributed by atoms with E-state index in [9.17, 15) is 31.1 Å². The van der Waals surface area contributed by atoms with Crippen molar-refractivity contribution in [1.82, 2.24) is 10.5 Å². The number of hydrogen-bond donors (Lipinski definition) is 1. The molecule has 2 rings (SSSR count). The molecule has 2 aromatic rings. The topological polar surface area (TPSA) is 55.1 Å². The van der Waals surface area contributed by atoms with Crippen molar-refractivity contribution in [3.8, 4) is 0 Å². The predicted octanol–water partition coefficient (Wildman–Crippen LogP) is 3.95. The van der Waals surface area contributed by atoms with Crippen molar-refractivity contribution in [2.45, 2.75) is 25.8 Å². The molecule has 0 unspecified atom stereocenters. The van der Waals surface area contributed by atoms with Gasteiger partial charge in [0.15, 0.2) is 0 Å². The molecular weight excluding hydrogens is 342 g/mol. The number of aromatic nitrogens is 1. The Morgan fingerprint density at radius 1 is 1.04 bits per heavy atom. The second-order valence-corrected chi connectivity index (χ2v) is 4.91. The predicted molar refractivity (Wildman–Crippen MR) is 68.9 cm³/mol. The number of halogens is 6. The van der Waals surface area contributed by atoms with Crippen LogP contribution in [-0.2, 0) is 18.9 Å². The average Bonchev–Trinajstić information content (AvgIpc) is 2.88. The molecule has 0 atom stereocenters. The summed E-state index contributed by atoms with van der Waals surface area (Å²) in [6.07, 6.45) is -10.0. The first-order valence-corrected chi connectivity index (χ1v) is 6.46. The van der Waals surface area contributed by atoms with Gasteiger partial charge >= 0.3 is 12.4 Å². The van der Waals surface area contributed by atoms with Gasteiger partial charge in [-0.3, -0.25) is 4.79 Å². The number of carbonyl (C=O) groups is 1. The lowest BCUT2D eigenvalue weighted by molar-refractivity contribution is -0.143. The van der Waals surface area contributed by atoms with Crippen LogP contribution in [0.3, 0.4) is 0 Å². The first kappa shape index (κ1) is 17.8. The third-order valence-corrected chi connectivity index (χ3v) is 2.96. The van der Waals surface area contributed by atoms with E-state index >= 15 is 0 Å². The molecule has 4 nitrogen and oxygen atoms in total. The van der Waals surface area contributed by atoms with Crippen LogP contribution in [0.25, 0.3) is 0 Å². The smallest absolute Gasteiger partial charge is 0.361 e. The van der Waals surface area contributed by atoms with Crippen LogP contribution in [-0.4, -0.2) is 11.1 Å². The zero-order valence-electron chi connectivity index (χ0n) is 12.0. The number of aryl methyl sites for hydroxylation is 1. The van der Waals surface area contributed by atoms with E-state index in [4.69, 9.17) is 4.52 Å². The quantitative estimate of drug-likeness (QED) is 0.851. The summed E-state index contributed by atoms with van der Waals surface area (Å²) >= 11 is 0. The van der Waals surface area contributed by atoms with Crippen molar-refractivity contribution in [1.29, 1.82) is 0 Å². The number of alkyl halides is 6. The number of benzene rings is 1. The Balaban J connectivity index is 2.28. The van der Waals surface area contributed by atoms with Crippen molar-refractivity contribution < 1.29 is 35.7 Å². The molecule has 0 aliphatic carbocycles. The van der Waals surface area contributed by atoms with Crippen molar-refractivity contribution in [3.63, 3.8) is 0 Å². The first-order chi connectivity index (χ1) is 11.0. The third kappa shape index (κ3) is 4.27. The minimum absolute atomic E-state index is 0.0439. The number of nitrogens with one attached hydrogen (secondary N) is 1. The Hall–Kier alpha value is -2.52. The summed E-state index contributed by atoms with van der Waals surface area (Å²) in [5.74, 6) is -0.648. The van der Waals surface area contributed by atoms with E-state index in [0.717, 1.165) is 0 Å². The van der Waals surface area contributed by atoms with Crippen LogP contribution in [0.4, 0.5) is 26.3 Å². The highest BCUT2D eigenvalue weighted by Gasteiger charge is 2.37. The molecule has 0 spiro atoms. The Bertz CT molecular complexity index is 716. The summed E-state index contributed by atoms with van der Waals surface area (Å²) in [7, 11) is 0. The first-order valence-electron chi connectivity index (χ1n) is 6.46. The molecule has 0 aliphatic heterocycles. The van der Waals surface area contributed by atoms with Gasteiger partial charge in [-0.1, -0.05) is 5.16 Å². The number of hydrogen-bond acceptors (Lipinski definition) is 3. The molecule has 130 valence electrons. The summed E-state index contributed by atoms with van der Waals surface area (Å²) in [5.41, 5.74) is -3.58. The standard InChI is InChI=1S/C14H10F6N2O2/c1-7-2-11(22-24-7)6-21-12(23)8-3-9(13(15,16)17)5-10(4-8)14(18,19)20/h2-5H,6H2,1H3,(H,21,23). The highest BCUT2D eigenvalue weighted by atomic mass is 19.4. The maximum absolute atomic E-state index is 12.7. The van der Waals surface area contributed by atoms with Gasteiger partial charge in [0.1, 0.15) is 11.5 Å². The molecule has 0 bridgehead atoms. The summed E-state index contributed by atoms with van der Waals surface area (Å²) in [6, 6.07) is 2.14. The minimum atomic E-state index is -5.01. The molecule has 1 heterocycles. The summed E-state index contributed by atoms with van der Waals surface area (Å²) in [6.45, 7) is 1.38. The summed E-state index contributed by atoms with van der Waals surface area (Å²) in [4.78, 5) is 11.9. The van der Waals surface area contributed by atoms with Crippen molar-refractivity contribution in [2.75, 3.05) is 0 Å². The zero-order valence-corrected chi connectivity index (χ0v) is 12.0. The van der Waals surface area contributed by atoms with E-state index < -0.39 is 35.0 Å². The number of amides is 1. The highest BCUT2D eigenvalue weighted by molar-refractivity contribution is 5.94. The molecule has 10 heteroatoms. The van der Waals surface area contributed by atoms with Gasteiger partial charge in [-0.15, -0.1) is 0 Å². The molecule has 1 aromatic carbocycles. The second kappa shape index (κ2) is 6.17. The highest BCUT2D eigenvalue weighted by Crippen LogP contribution is 2.36. The largest absolute Gasteiger partial charge is 0.416 e. The average molecular weight is 352 g/mol. The van der Waals surface area contributed by atoms with E-state index in [-0.39, 0.29) is 18.3 Å². The minimum Gasteiger partial charge on any atom is -0.361 e. The maximum Gasteiger partial charge on any atom is 0.416 e. The van der Waals surface area contributed by atoms with E-state index in [1.54, 1.807) is 6.92 Å². The molecule has 0 saturated carbocycles. The van der Waals surface area contributed by atoms with E-state index in [1.165, 1.54) is 6.07 Å². The second-order valence-electron chi connectivity index (χ2n) is 4.91. The van der Waals surface area contributed by atoms with Gasteiger partial charge in [-0.25, -0.2) is 0 Å². The van der Waals surface area contributed by atoms with E-state index in [0.29, 0.717) is 17.9 Å². The van der Waals surface area contributed by atoms with Crippen LogP contribution in [0.15, 0.2) is 28.8 Å². The summed E-state index contributed by atoms with van der Waals surface area (Å²) < 4.78 is 81.1. The number of nitrogens with zero attached hydrogens (tertiary/aromatic N) is 1. The van der Waals surface area contributed by atoms with Gasteiger partial charge in [-0.2, -0.15) is 26.3 Å². The molecule has 1 aromatic heterocycles. The molecule has 1 amide bonds. The summed E-state index contributed by atoms with van der Waals surface area (Å²) in [5, 5.41) is 5.74. The van der Waals surface area contributed by atoms with Crippen molar-refractivity contribution in [3.05, 3.63) is 52.4 Å². The van der Waals surface area contributed by atoms with Gasteiger partial charge < -0.3 is 9.84 Å². The Morgan fingerprint density at radius 3 is 2.00 bits per heavy atom. The lowest BCUT2D eigenvalue weighted by Gasteiger charge is -2.14. The lowest BCUT2D eigenvalue weighted by atomic mass is 10.0. The van der Waals surface area contributed by atoms with Crippen LogP contribution < -0.4 is 5.32 Å². The Labute approximate surface area is 131 Å². The molecule has 1 N–H and O–H groups in total. The fraction of sp³-hybridized carbons (Fsp3) is 0.286. The van der Waals surface area contributed by atoms with Crippen LogP contribution in [0.2, 0.25) is 0 Å². The van der Waals surface area contributed by atoms with Gasteiger partial charge in [-0.05, 0) is 25.1 Å². The van der Waals surface area contributed by atoms with Crippen LogP contribution >= 0.6 is 0 Å². The fourth-order valence-electron chi connectivity index (χ4n) is 1.86. The lowest BCUT2D eigenvalue weighted by Crippen LogP contribution is -2.24. The van der Waals surface area contributed by atoms with Gasteiger partial charge in [0.25, 0.3) is 5.91 Å². The van der Waals surface area contributed by atoms with Crippen LogP contribution in [0.5, 0.6) is 0 Å². The van der Waals surface area contributed by atoms with Crippen LogP contribution in [0.1, 0.15) is 32.9 Å². The molecule has 0 radical (unpaired) electrons. The Kier molecular flexibility index (Phi) is 4.59. The van der Waals surface area contributed by atoms with Crippen LogP contribution in [0, 0.1) is 6.92 Å². The molecule has 24 heavy (non-hydrogen) atoms. The number of carbonyl (C=O) groups excluding carboxylic acids is 1. The normalized spacial score (nSPS) is 12.3. The van der Waals surface area contributed by atoms with Gasteiger partial charge in [0.05, 0.1) is 17.7 Å². The third-order valence-electron chi connectivity index (χ3n) is 2.96. The SMILES string of the molecule is Cc1cc(CNC(=O)c2cc(C(F)(F)F)cc(C(F)(F)F)c2)no1. The van der Waals surface area contributed by atoms with Crippen molar-refractivity contribution in [2.24, 2.45) is 0 Å². The monoisotopic (exact) mass is 352 g/mol. The molecule has 0 saturated heterocycles. The van der Waals surface area contributed by atoms with E-state index in [1.807, 2.05) is 0 Å². The molecule has 0 aliphatic rings. The molecule has 0 fully saturated rings. The maximum atomic E-state index is 12.7. The van der Waals surface area contributed by atoms with Gasteiger partial charge in [0, 0.05) is 11.6 Å². The fourth-order valence-corrected chi connectivity index (χ4v) is 1.86. The number of rotatable bonds is 3. The molecular formula is C14H10F6N2O2. The van der Waals surface area contributed by atoms with Gasteiger partial charge in [0.2, 0.25) is 0 Å². The van der Waals surface area contributed by atoms with E-state index in [2.05, 4.69) is 10.5 Å². The Morgan fingerprint density at radius 2 is 1.58 bits per heavy atom.